The van der Waals surface area contributed by atoms with Gasteiger partial charge in [0.2, 0.25) is 10.0 Å². The van der Waals surface area contributed by atoms with Gasteiger partial charge in [0, 0.05) is 44.5 Å². The molecule has 0 spiro atoms. The number of sulfonamides is 1. The number of fused-ring (bicyclic) bond motifs is 1. The first kappa shape index (κ1) is 18.4. The number of hydrogen-bond donors (Lipinski definition) is 1. The monoisotopic (exact) mass is 373 g/mol. The van der Waals surface area contributed by atoms with E-state index in [1.54, 1.807) is 24.0 Å². The molecule has 0 bridgehead atoms. The molecule has 1 heterocycles. The van der Waals surface area contributed by atoms with Crippen molar-refractivity contribution in [3.05, 3.63) is 59.7 Å². The second kappa shape index (κ2) is 7.47. The van der Waals surface area contributed by atoms with Crippen molar-refractivity contribution in [1.82, 2.24) is 9.62 Å². The Morgan fingerprint density at radius 1 is 1.08 bits per heavy atom. The summed E-state index contributed by atoms with van der Waals surface area (Å²) in [7, 11) is -1.49. The minimum atomic E-state index is -3.51. The van der Waals surface area contributed by atoms with Gasteiger partial charge in [-0.25, -0.2) is 13.1 Å². The van der Waals surface area contributed by atoms with Crippen LogP contribution in [0, 0.1) is 0 Å². The van der Waals surface area contributed by atoms with Gasteiger partial charge in [0.25, 0.3) is 5.91 Å². The van der Waals surface area contributed by atoms with Crippen LogP contribution < -0.4 is 9.62 Å². The molecule has 1 amide bonds. The average Bonchev–Trinajstić information content (AvgIpc) is 2.81. The number of nitrogens with one attached hydrogen (secondary N) is 1. The Morgan fingerprint density at radius 2 is 1.77 bits per heavy atom. The van der Waals surface area contributed by atoms with E-state index in [2.05, 4.69) is 15.7 Å². The maximum atomic E-state index is 12.9. The Balaban J connectivity index is 1.82. The van der Waals surface area contributed by atoms with Gasteiger partial charge in [0.15, 0.2) is 0 Å². The molecule has 0 aromatic heterocycles. The third-order valence-electron chi connectivity index (χ3n) is 4.50. The Morgan fingerprint density at radius 3 is 2.46 bits per heavy atom. The largest absolute Gasteiger partial charge is 0.373 e. The minimum Gasteiger partial charge on any atom is -0.373 e. The summed E-state index contributed by atoms with van der Waals surface area (Å²) in [5.41, 5.74) is 2.73. The Labute approximate surface area is 154 Å². The van der Waals surface area contributed by atoms with Gasteiger partial charge in [-0.1, -0.05) is 25.1 Å². The Kier molecular flexibility index (Phi) is 5.29. The van der Waals surface area contributed by atoms with E-state index in [9.17, 15) is 13.2 Å². The molecule has 0 aliphatic carbocycles. The van der Waals surface area contributed by atoms with E-state index in [0.29, 0.717) is 25.2 Å². The maximum absolute atomic E-state index is 12.9. The molecule has 2 aromatic rings. The number of carbonyl (C=O) groups excluding carboxylic acids is 1. The number of para-hydroxylation sites is 1. The fourth-order valence-corrected chi connectivity index (χ4v) is 4.14. The lowest BCUT2D eigenvalue weighted by Crippen LogP contribution is -2.34. The number of hydrogen-bond acceptors (Lipinski definition) is 4. The molecule has 2 aromatic carbocycles. The summed E-state index contributed by atoms with van der Waals surface area (Å²) in [4.78, 5) is 17.0. The summed E-state index contributed by atoms with van der Waals surface area (Å²) in [6.45, 7) is 3.95. The van der Waals surface area contributed by atoms with Crippen molar-refractivity contribution in [2.24, 2.45) is 0 Å². The summed E-state index contributed by atoms with van der Waals surface area (Å²) in [5, 5.41) is 0. The third kappa shape index (κ3) is 3.73. The smallest absolute Gasteiger partial charge is 0.254 e. The first-order valence-corrected chi connectivity index (χ1v) is 10.1. The van der Waals surface area contributed by atoms with E-state index in [4.69, 9.17) is 0 Å². The summed E-state index contributed by atoms with van der Waals surface area (Å²) in [6.07, 6.45) is 0. The second-order valence-corrected chi connectivity index (χ2v) is 8.07. The van der Waals surface area contributed by atoms with Gasteiger partial charge in [-0.05, 0) is 35.9 Å². The van der Waals surface area contributed by atoms with Crippen LogP contribution in [0.2, 0.25) is 0 Å². The summed E-state index contributed by atoms with van der Waals surface area (Å²) >= 11 is 0. The number of anilines is 1. The fourth-order valence-electron chi connectivity index (χ4n) is 3.10. The van der Waals surface area contributed by atoms with Gasteiger partial charge in [-0.2, -0.15) is 0 Å². The van der Waals surface area contributed by atoms with Crippen molar-refractivity contribution in [3.8, 4) is 0 Å². The molecule has 0 saturated heterocycles. The highest BCUT2D eigenvalue weighted by atomic mass is 32.2. The first-order chi connectivity index (χ1) is 12.4. The molecule has 3 rings (SSSR count). The van der Waals surface area contributed by atoms with Crippen LogP contribution in [0.4, 0.5) is 5.69 Å². The Bertz CT molecular complexity index is 895. The predicted octanol–water partition coefficient (Wildman–Crippen LogP) is 2.08. The highest BCUT2D eigenvalue weighted by Crippen LogP contribution is 2.24. The van der Waals surface area contributed by atoms with Gasteiger partial charge in [-0.3, -0.25) is 4.79 Å². The number of nitrogens with zero attached hydrogens (tertiary/aromatic N) is 2. The number of benzene rings is 2. The lowest BCUT2D eigenvalue weighted by molar-refractivity contribution is 0.0751. The quantitative estimate of drug-likeness (QED) is 0.891. The van der Waals surface area contributed by atoms with Crippen LogP contribution >= 0.6 is 0 Å². The van der Waals surface area contributed by atoms with Crippen LogP contribution in [0.3, 0.4) is 0 Å². The lowest BCUT2D eigenvalue weighted by atomic mass is 10.1. The molecule has 0 radical (unpaired) electrons. The van der Waals surface area contributed by atoms with Crippen molar-refractivity contribution in [2.75, 3.05) is 31.6 Å². The molecule has 1 aliphatic heterocycles. The van der Waals surface area contributed by atoms with Crippen LogP contribution in [0.25, 0.3) is 0 Å². The van der Waals surface area contributed by atoms with E-state index in [1.807, 2.05) is 25.2 Å². The van der Waals surface area contributed by atoms with E-state index >= 15 is 0 Å². The molecule has 1 aliphatic rings. The SMILES string of the molecule is CCNS(=O)(=O)c1ccc(C(=O)N2CCN(C)c3ccccc3C2)cc1. The van der Waals surface area contributed by atoms with Gasteiger partial charge < -0.3 is 9.80 Å². The molecule has 138 valence electrons. The van der Waals surface area contributed by atoms with Crippen molar-refractivity contribution in [3.63, 3.8) is 0 Å². The molecule has 0 unspecified atom stereocenters. The van der Waals surface area contributed by atoms with Gasteiger partial charge in [0.1, 0.15) is 0 Å². The third-order valence-corrected chi connectivity index (χ3v) is 6.06. The average molecular weight is 373 g/mol. The number of carbonyl (C=O) groups is 1. The van der Waals surface area contributed by atoms with Crippen molar-refractivity contribution in [2.45, 2.75) is 18.4 Å². The van der Waals surface area contributed by atoms with Gasteiger partial charge in [0.05, 0.1) is 4.90 Å². The van der Waals surface area contributed by atoms with Crippen LogP contribution in [-0.2, 0) is 16.6 Å². The van der Waals surface area contributed by atoms with E-state index in [1.165, 1.54) is 12.1 Å². The molecular weight excluding hydrogens is 350 g/mol. The number of rotatable bonds is 4. The molecule has 0 saturated carbocycles. The van der Waals surface area contributed by atoms with E-state index in [-0.39, 0.29) is 10.8 Å². The molecule has 26 heavy (non-hydrogen) atoms. The highest BCUT2D eigenvalue weighted by Gasteiger charge is 2.22. The lowest BCUT2D eigenvalue weighted by Gasteiger charge is -2.21. The normalized spacial score (nSPS) is 14.7. The standard InChI is InChI=1S/C19H23N3O3S/c1-3-20-26(24,25)17-10-8-15(9-11-17)19(23)22-13-12-21(2)18-7-5-4-6-16(18)14-22/h4-11,20H,3,12-14H2,1-2H3. The molecule has 1 N–H and O–H groups in total. The summed E-state index contributed by atoms with van der Waals surface area (Å²) < 4.78 is 26.5. The molecular formula is C19H23N3O3S. The van der Waals surface area contributed by atoms with E-state index < -0.39 is 10.0 Å². The predicted molar refractivity (Wildman–Crippen MR) is 102 cm³/mol. The summed E-state index contributed by atoms with van der Waals surface area (Å²) in [5.74, 6) is -0.0949. The van der Waals surface area contributed by atoms with Gasteiger partial charge in [-0.15, -0.1) is 0 Å². The highest BCUT2D eigenvalue weighted by molar-refractivity contribution is 7.89. The van der Waals surface area contributed by atoms with Gasteiger partial charge >= 0.3 is 0 Å². The fraction of sp³-hybridized carbons (Fsp3) is 0.316. The topological polar surface area (TPSA) is 69.7 Å². The maximum Gasteiger partial charge on any atom is 0.254 e. The molecule has 7 heteroatoms. The zero-order valence-electron chi connectivity index (χ0n) is 15.0. The van der Waals surface area contributed by atoms with Crippen molar-refractivity contribution in [1.29, 1.82) is 0 Å². The van der Waals surface area contributed by atoms with Crippen LogP contribution in [0.5, 0.6) is 0 Å². The second-order valence-electron chi connectivity index (χ2n) is 6.30. The van der Waals surface area contributed by atoms with E-state index in [0.717, 1.165) is 17.8 Å². The van der Waals surface area contributed by atoms with Crippen LogP contribution in [-0.4, -0.2) is 45.9 Å². The van der Waals surface area contributed by atoms with Crippen molar-refractivity contribution >= 4 is 21.6 Å². The van der Waals surface area contributed by atoms with Crippen LogP contribution in [0.1, 0.15) is 22.8 Å². The number of amides is 1. The molecule has 0 atom stereocenters. The zero-order valence-corrected chi connectivity index (χ0v) is 15.8. The van der Waals surface area contributed by atoms with Crippen molar-refractivity contribution < 1.29 is 13.2 Å². The molecule has 6 nitrogen and oxygen atoms in total. The minimum absolute atomic E-state index is 0.0949. The summed E-state index contributed by atoms with van der Waals surface area (Å²) in [6, 6.07) is 14.2. The Hall–Kier alpha value is -2.38. The zero-order chi connectivity index (χ0) is 18.7. The number of likely N-dealkylation sites (N-methyl/N-ethyl adjacent to an activating group) is 1. The first-order valence-electron chi connectivity index (χ1n) is 8.60. The molecule has 0 fully saturated rings. The van der Waals surface area contributed by atoms with Crippen LogP contribution in [0.15, 0.2) is 53.4 Å².